The van der Waals surface area contributed by atoms with Gasteiger partial charge in [0.1, 0.15) is 0 Å². The standard InChI is InChI=1S/C13H10ClN5O/c14-10-3-1-2-4-11(10)18-13(20)17-9-7-15-12-5-6-16-19(12)8-9/h1-8H,(H2,17,18,20). The second-order valence-corrected chi connectivity index (χ2v) is 4.44. The monoisotopic (exact) mass is 287 g/mol. The molecule has 3 rings (SSSR count). The fourth-order valence-corrected chi connectivity index (χ4v) is 1.90. The van der Waals surface area contributed by atoms with E-state index in [4.69, 9.17) is 11.6 Å². The molecule has 0 aliphatic heterocycles. The number of anilines is 2. The molecule has 6 nitrogen and oxygen atoms in total. The molecule has 2 heterocycles. The molecule has 0 fully saturated rings. The molecule has 20 heavy (non-hydrogen) atoms. The summed E-state index contributed by atoms with van der Waals surface area (Å²) in [6.07, 6.45) is 4.87. The highest BCUT2D eigenvalue weighted by Gasteiger charge is 2.06. The first kappa shape index (κ1) is 12.4. The Morgan fingerprint density at radius 2 is 2.05 bits per heavy atom. The van der Waals surface area contributed by atoms with Crippen LogP contribution in [0.1, 0.15) is 0 Å². The van der Waals surface area contributed by atoms with Crippen molar-refractivity contribution in [2.75, 3.05) is 10.6 Å². The van der Waals surface area contributed by atoms with Crippen LogP contribution in [-0.2, 0) is 0 Å². The third kappa shape index (κ3) is 2.55. The SMILES string of the molecule is O=C(Nc1cnc2ccnn2c1)Nc1ccccc1Cl. The Bertz CT molecular complexity index is 770. The van der Waals surface area contributed by atoms with Crippen molar-refractivity contribution in [1.29, 1.82) is 0 Å². The van der Waals surface area contributed by atoms with E-state index in [1.54, 1.807) is 53.4 Å². The van der Waals surface area contributed by atoms with Gasteiger partial charge in [0, 0.05) is 6.07 Å². The summed E-state index contributed by atoms with van der Waals surface area (Å²) in [6, 6.07) is 8.38. The number of fused-ring (bicyclic) bond motifs is 1. The molecule has 0 spiro atoms. The fraction of sp³-hybridized carbons (Fsp3) is 0. The van der Waals surface area contributed by atoms with Crippen molar-refractivity contribution < 1.29 is 4.79 Å². The van der Waals surface area contributed by atoms with E-state index in [0.717, 1.165) is 0 Å². The fourth-order valence-electron chi connectivity index (χ4n) is 1.72. The molecule has 0 bridgehead atoms. The van der Waals surface area contributed by atoms with Gasteiger partial charge in [-0.3, -0.25) is 0 Å². The molecule has 0 radical (unpaired) electrons. The number of para-hydroxylation sites is 1. The molecule has 1 aromatic carbocycles. The summed E-state index contributed by atoms with van der Waals surface area (Å²) in [7, 11) is 0. The van der Waals surface area contributed by atoms with Gasteiger partial charge in [-0.2, -0.15) is 5.10 Å². The lowest BCUT2D eigenvalue weighted by molar-refractivity contribution is 0.262. The van der Waals surface area contributed by atoms with Gasteiger partial charge in [-0.05, 0) is 12.1 Å². The number of nitrogens with one attached hydrogen (secondary N) is 2. The van der Waals surface area contributed by atoms with Crippen LogP contribution in [0.3, 0.4) is 0 Å². The molecule has 2 N–H and O–H groups in total. The van der Waals surface area contributed by atoms with Crippen molar-refractivity contribution in [2.24, 2.45) is 0 Å². The van der Waals surface area contributed by atoms with Crippen LogP contribution in [0.25, 0.3) is 5.65 Å². The van der Waals surface area contributed by atoms with Crippen LogP contribution in [0.5, 0.6) is 0 Å². The van der Waals surface area contributed by atoms with Gasteiger partial charge in [-0.25, -0.2) is 14.3 Å². The van der Waals surface area contributed by atoms with Crippen molar-refractivity contribution in [3.63, 3.8) is 0 Å². The minimum Gasteiger partial charge on any atom is -0.306 e. The molecule has 0 aliphatic rings. The van der Waals surface area contributed by atoms with Gasteiger partial charge in [0.25, 0.3) is 0 Å². The third-order valence-corrected chi connectivity index (χ3v) is 2.96. The lowest BCUT2D eigenvalue weighted by Gasteiger charge is -2.08. The molecule has 7 heteroatoms. The number of carbonyl (C=O) groups is 1. The summed E-state index contributed by atoms with van der Waals surface area (Å²) >= 11 is 5.97. The number of carbonyl (C=O) groups excluding carboxylic acids is 1. The van der Waals surface area contributed by atoms with Gasteiger partial charge in [0.2, 0.25) is 0 Å². The lowest BCUT2D eigenvalue weighted by Crippen LogP contribution is -2.20. The number of hydrogen-bond donors (Lipinski definition) is 2. The van der Waals surface area contributed by atoms with Gasteiger partial charge in [-0.1, -0.05) is 23.7 Å². The second-order valence-electron chi connectivity index (χ2n) is 4.04. The number of benzene rings is 1. The summed E-state index contributed by atoms with van der Waals surface area (Å²) in [6.45, 7) is 0. The largest absolute Gasteiger partial charge is 0.323 e. The van der Waals surface area contributed by atoms with Crippen molar-refractivity contribution in [1.82, 2.24) is 14.6 Å². The average Bonchev–Trinajstić information content (AvgIpc) is 2.89. The van der Waals surface area contributed by atoms with Crippen LogP contribution < -0.4 is 10.6 Å². The Hall–Kier alpha value is -2.60. The van der Waals surface area contributed by atoms with Crippen LogP contribution in [0, 0.1) is 0 Å². The lowest BCUT2D eigenvalue weighted by atomic mass is 10.3. The number of aromatic nitrogens is 3. The maximum atomic E-state index is 11.9. The zero-order valence-corrected chi connectivity index (χ0v) is 11.0. The van der Waals surface area contributed by atoms with E-state index in [0.29, 0.717) is 22.0 Å². The predicted octanol–water partition coefficient (Wildman–Crippen LogP) is 3.03. The number of rotatable bonds is 2. The highest BCUT2D eigenvalue weighted by molar-refractivity contribution is 6.33. The highest BCUT2D eigenvalue weighted by Crippen LogP contribution is 2.20. The van der Waals surface area contributed by atoms with E-state index in [1.165, 1.54) is 0 Å². The Kier molecular flexibility index (Phi) is 3.22. The van der Waals surface area contributed by atoms with Crippen molar-refractivity contribution >= 4 is 34.7 Å². The molecule has 0 atom stereocenters. The molecule has 3 aromatic rings. The quantitative estimate of drug-likeness (QED) is 0.761. The minimum atomic E-state index is -0.397. The summed E-state index contributed by atoms with van der Waals surface area (Å²) in [5, 5.41) is 9.85. The van der Waals surface area contributed by atoms with E-state index in [9.17, 15) is 4.79 Å². The van der Waals surface area contributed by atoms with Gasteiger partial charge in [0.15, 0.2) is 5.65 Å². The molecule has 0 saturated heterocycles. The highest BCUT2D eigenvalue weighted by atomic mass is 35.5. The van der Waals surface area contributed by atoms with E-state index in [1.807, 2.05) is 0 Å². The summed E-state index contributed by atoms with van der Waals surface area (Å²) in [5.74, 6) is 0. The maximum absolute atomic E-state index is 11.9. The van der Waals surface area contributed by atoms with Crippen LogP contribution in [0.2, 0.25) is 5.02 Å². The van der Waals surface area contributed by atoms with Crippen molar-refractivity contribution in [3.8, 4) is 0 Å². The summed E-state index contributed by atoms with van der Waals surface area (Å²) in [4.78, 5) is 16.0. The summed E-state index contributed by atoms with van der Waals surface area (Å²) in [5.41, 5.74) is 1.78. The molecule has 2 amide bonds. The Balaban J connectivity index is 1.74. The average molecular weight is 288 g/mol. The van der Waals surface area contributed by atoms with Crippen LogP contribution in [-0.4, -0.2) is 20.6 Å². The first-order valence-electron chi connectivity index (χ1n) is 5.84. The molecule has 0 unspecified atom stereocenters. The Morgan fingerprint density at radius 1 is 1.20 bits per heavy atom. The first-order valence-corrected chi connectivity index (χ1v) is 6.22. The van der Waals surface area contributed by atoms with Crippen molar-refractivity contribution in [2.45, 2.75) is 0 Å². The van der Waals surface area contributed by atoms with E-state index < -0.39 is 6.03 Å². The summed E-state index contributed by atoms with van der Waals surface area (Å²) < 4.78 is 1.57. The number of urea groups is 1. The van der Waals surface area contributed by atoms with Crippen molar-refractivity contribution in [3.05, 3.63) is 53.9 Å². The van der Waals surface area contributed by atoms with E-state index in [-0.39, 0.29) is 0 Å². The van der Waals surface area contributed by atoms with Crippen LogP contribution >= 0.6 is 11.6 Å². The predicted molar refractivity (Wildman–Crippen MR) is 77.1 cm³/mol. The molecule has 2 aromatic heterocycles. The van der Waals surface area contributed by atoms with E-state index >= 15 is 0 Å². The number of halogens is 1. The number of hydrogen-bond acceptors (Lipinski definition) is 3. The molecule has 100 valence electrons. The van der Waals surface area contributed by atoms with E-state index in [2.05, 4.69) is 20.7 Å². The molecule has 0 aliphatic carbocycles. The molecular weight excluding hydrogens is 278 g/mol. The number of nitrogens with zero attached hydrogens (tertiary/aromatic N) is 3. The maximum Gasteiger partial charge on any atom is 0.323 e. The number of amides is 2. The van der Waals surface area contributed by atoms with Gasteiger partial charge in [0.05, 0.1) is 35.0 Å². The van der Waals surface area contributed by atoms with Gasteiger partial charge >= 0.3 is 6.03 Å². The van der Waals surface area contributed by atoms with Gasteiger partial charge < -0.3 is 10.6 Å². The zero-order valence-electron chi connectivity index (χ0n) is 10.2. The van der Waals surface area contributed by atoms with Gasteiger partial charge in [-0.15, -0.1) is 0 Å². The Morgan fingerprint density at radius 3 is 2.90 bits per heavy atom. The third-order valence-electron chi connectivity index (χ3n) is 2.63. The smallest absolute Gasteiger partial charge is 0.306 e. The van der Waals surface area contributed by atoms with Crippen LogP contribution in [0.15, 0.2) is 48.9 Å². The molecular formula is C13H10ClN5O. The topological polar surface area (TPSA) is 71.3 Å². The Labute approximate surface area is 119 Å². The zero-order chi connectivity index (χ0) is 13.9. The minimum absolute atomic E-state index is 0.397. The molecule has 0 saturated carbocycles. The van der Waals surface area contributed by atoms with Crippen LogP contribution in [0.4, 0.5) is 16.2 Å². The first-order chi connectivity index (χ1) is 9.72. The second kappa shape index (κ2) is 5.18. The normalized spacial score (nSPS) is 10.4.